The molecule has 5 heteroatoms. The third-order valence-corrected chi connectivity index (χ3v) is 9.23. The van der Waals surface area contributed by atoms with Crippen molar-refractivity contribution in [3.8, 4) is 11.8 Å². The Kier molecular flexibility index (Phi) is 6.00. The average Bonchev–Trinajstić information content (AvgIpc) is 3.14. The molecule has 3 aromatic rings. The summed E-state index contributed by atoms with van der Waals surface area (Å²) in [6, 6.07) is 20.2. The van der Waals surface area contributed by atoms with Crippen molar-refractivity contribution in [1.29, 1.82) is 5.26 Å². The Morgan fingerprint density at radius 3 is 2.27 bits per heavy atom. The lowest BCUT2D eigenvalue weighted by molar-refractivity contribution is -0.112. The van der Waals surface area contributed by atoms with Crippen molar-refractivity contribution in [3.63, 3.8) is 0 Å². The Morgan fingerprint density at radius 2 is 1.68 bits per heavy atom. The summed E-state index contributed by atoms with van der Waals surface area (Å²) in [6.45, 7) is 4.10. The molecule has 4 aliphatic rings. The topological polar surface area (TPSA) is 57.8 Å². The van der Waals surface area contributed by atoms with Crippen LogP contribution in [0.3, 0.4) is 0 Å². The molecule has 0 atom stereocenters. The zero-order chi connectivity index (χ0) is 25.7. The van der Waals surface area contributed by atoms with E-state index in [4.69, 9.17) is 11.6 Å². The molecule has 0 unspecified atom stereocenters. The quantitative estimate of drug-likeness (QED) is 0.282. The predicted octanol–water partition coefficient (Wildman–Crippen LogP) is 7.76. The molecule has 188 valence electrons. The molecule has 4 saturated carbocycles. The summed E-state index contributed by atoms with van der Waals surface area (Å²) in [5.41, 5.74) is 6.57. The van der Waals surface area contributed by atoms with E-state index in [0.29, 0.717) is 16.1 Å². The molecule has 2 aromatic carbocycles. The van der Waals surface area contributed by atoms with Crippen LogP contribution in [0, 0.1) is 42.9 Å². The van der Waals surface area contributed by atoms with E-state index < -0.39 is 5.91 Å². The minimum Gasteiger partial charge on any atom is -0.321 e. The van der Waals surface area contributed by atoms with Gasteiger partial charge in [0, 0.05) is 27.8 Å². The second kappa shape index (κ2) is 9.23. The first-order valence-electron chi connectivity index (χ1n) is 13.3. The third kappa shape index (κ3) is 4.40. The minimum absolute atomic E-state index is 0.0531. The number of rotatable bonds is 5. The minimum atomic E-state index is -0.450. The maximum absolute atomic E-state index is 12.8. The highest BCUT2D eigenvalue weighted by atomic mass is 35.5. The summed E-state index contributed by atoms with van der Waals surface area (Å²) in [7, 11) is 0. The molecule has 1 N–H and O–H groups in total. The molecule has 1 amide bonds. The van der Waals surface area contributed by atoms with Crippen LogP contribution in [0.1, 0.15) is 61.0 Å². The van der Waals surface area contributed by atoms with E-state index in [0.717, 1.165) is 40.4 Å². The van der Waals surface area contributed by atoms with Gasteiger partial charge in [-0.05, 0) is 129 Å². The van der Waals surface area contributed by atoms with Crippen molar-refractivity contribution in [1.82, 2.24) is 4.57 Å². The van der Waals surface area contributed by atoms with Crippen molar-refractivity contribution in [3.05, 3.63) is 87.7 Å². The molecule has 0 saturated heterocycles. The first-order chi connectivity index (χ1) is 17.8. The van der Waals surface area contributed by atoms with Crippen molar-refractivity contribution in [2.24, 2.45) is 17.8 Å². The molecule has 4 nitrogen and oxygen atoms in total. The van der Waals surface area contributed by atoms with Crippen LogP contribution in [0.25, 0.3) is 11.8 Å². The molecule has 0 radical (unpaired) electrons. The third-order valence-electron chi connectivity index (χ3n) is 8.99. The molecule has 4 aliphatic carbocycles. The number of aromatic nitrogens is 1. The lowest BCUT2D eigenvalue weighted by atomic mass is 9.48. The van der Waals surface area contributed by atoms with E-state index in [1.165, 1.54) is 44.1 Å². The number of hydrogen-bond acceptors (Lipinski definition) is 2. The SMILES string of the molecule is Cc1cc(/C=C(/C#N)C(=O)Nc2cccc(Cl)c2)c(C)n1-c1ccc(C23CC4CC(CC(C4)C2)C3)cc1. The van der Waals surface area contributed by atoms with Crippen LogP contribution < -0.4 is 5.32 Å². The monoisotopic (exact) mass is 509 g/mol. The van der Waals surface area contributed by atoms with Gasteiger partial charge in [-0.3, -0.25) is 4.79 Å². The number of carbonyl (C=O) groups excluding carboxylic acids is 1. The number of benzene rings is 2. The standard InChI is InChI=1S/C32H32ClN3O/c1-20-10-25(14-26(19-34)31(37)35-29-5-3-4-28(33)15-29)21(2)36(20)30-8-6-27(7-9-30)32-16-22-11-23(17-32)13-24(12-22)18-32/h3-10,14-15,22-24H,11-13,16-18H2,1-2H3,(H,35,37)/b26-14-. The van der Waals surface area contributed by atoms with Crippen molar-refractivity contribution >= 4 is 29.3 Å². The van der Waals surface area contributed by atoms with Crippen molar-refractivity contribution in [2.45, 2.75) is 57.8 Å². The van der Waals surface area contributed by atoms with Crippen LogP contribution in [0.5, 0.6) is 0 Å². The number of nitrogens with one attached hydrogen (secondary N) is 1. The smallest absolute Gasteiger partial charge is 0.266 e. The number of amides is 1. The lowest BCUT2D eigenvalue weighted by Crippen LogP contribution is -2.48. The molecule has 37 heavy (non-hydrogen) atoms. The van der Waals surface area contributed by atoms with Crippen molar-refractivity contribution < 1.29 is 4.79 Å². The van der Waals surface area contributed by atoms with Crippen LogP contribution in [0.2, 0.25) is 5.02 Å². The zero-order valence-electron chi connectivity index (χ0n) is 21.4. The first-order valence-corrected chi connectivity index (χ1v) is 13.7. The van der Waals surface area contributed by atoms with Gasteiger partial charge >= 0.3 is 0 Å². The number of nitrogens with zero attached hydrogens (tertiary/aromatic N) is 2. The zero-order valence-corrected chi connectivity index (χ0v) is 22.2. The van der Waals surface area contributed by atoms with Gasteiger partial charge in [-0.15, -0.1) is 0 Å². The van der Waals surface area contributed by atoms with Crippen LogP contribution >= 0.6 is 11.6 Å². The fourth-order valence-corrected chi connectivity index (χ4v) is 8.02. The number of carbonyl (C=O) groups is 1. The molecule has 0 spiro atoms. The van der Waals surface area contributed by atoms with E-state index in [1.54, 1.807) is 30.3 Å². The fourth-order valence-electron chi connectivity index (χ4n) is 7.83. The largest absolute Gasteiger partial charge is 0.321 e. The predicted molar refractivity (Wildman–Crippen MR) is 149 cm³/mol. The summed E-state index contributed by atoms with van der Waals surface area (Å²) in [6.07, 6.45) is 10.1. The summed E-state index contributed by atoms with van der Waals surface area (Å²) in [5.74, 6) is 2.34. The second-order valence-electron chi connectivity index (χ2n) is 11.5. The Balaban J connectivity index is 1.25. The summed E-state index contributed by atoms with van der Waals surface area (Å²) in [4.78, 5) is 12.8. The average molecular weight is 510 g/mol. The van der Waals surface area contributed by atoms with Crippen LogP contribution in [-0.2, 0) is 10.2 Å². The van der Waals surface area contributed by atoms with E-state index in [2.05, 4.69) is 47.1 Å². The lowest BCUT2D eigenvalue weighted by Gasteiger charge is -2.57. The molecule has 1 aromatic heterocycles. The van der Waals surface area contributed by atoms with E-state index in [1.807, 2.05) is 13.0 Å². The Hall–Kier alpha value is -3.29. The molecular formula is C32H32ClN3O. The maximum Gasteiger partial charge on any atom is 0.266 e. The molecule has 1 heterocycles. The van der Waals surface area contributed by atoms with Crippen LogP contribution in [0.15, 0.2) is 60.2 Å². The van der Waals surface area contributed by atoms with Gasteiger partial charge in [0.15, 0.2) is 0 Å². The Labute approximate surface area is 224 Å². The van der Waals surface area contributed by atoms with Gasteiger partial charge in [-0.1, -0.05) is 29.8 Å². The van der Waals surface area contributed by atoms with Crippen molar-refractivity contribution in [2.75, 3.05) is 5.32 Å². The second-order valence-corrected chi connectivity index (χ2v) is 12.0. The number of aryl methyl sites for hydroxylation is 1. The van der Waals surface area contributed by atoms with E-state index >= 15 is 0 Å². The highest BCUT2D eigenvalue weighted by Gasteiger charge is 2.51. The van der Waals surface area contributed by atoms with Gasteiger partial charge in [-0.2, -0.15) is 5.26 Å². The van der Waals surface area contributed by atoms with E-state index in [-0.39, 0.29) is 5.57 Å². The van der Waals surface area contributed by atoms with Gasteiger partial charge < -0.3 is 9.88 Å². The van der Waals surface area contributed by atoms with E-state index in [9.17, 15) is 10.1 Å². The molecule has 4 bridgehead atoms. The van der Waals surface area contributed by atoms with Gasteiger partial charge in [0.2, 0.25) is 0 Å². The van der Waals surface area contributed by atoms with Crippen LogP contribution in [-0.4, -0.2) is 10.5 Å². The molecule has 4 fully saturated rings. The number of anilines is 1. The summed E-state index contributed by atoms with van der Waals surface area (Å²) < 4.78 is 2.21. The number of hydrogen-bond donors (Lipinski definition) is 1. The Morgan fingerprint density at radius 1 is 1.03 bits per heavy atom. The molecule has 7 rings (SSSR count). The van der Waals surface area contributed by atoms with Crippen LogP contribution in [0.4, 0.5) is 5.69 Å². The fraction of sp³-hybridized carbons (Fsp3) is 0.375. The number of halogens is 1. The van der Waals surface area contributed by atoms with Gasteiger partial charge in [-0.25, -0.2) is 0 Å². The maximum atomic E-state index is 12.8. The van der Waals surface area contributed by atoms with Gasteiger partial charge in [0.1, 0.15) is 11.6 Å². The van der Waals surface area contributed by atoms with Gasteiger partial charge in [0.05, 0.1) is 0 Å². The normalized spacial score (nSPS) is 26.2. The molecule has 0 aliphatic heterocycles. The summed E-state index contributed by atoms with van der Waals surface area (Å²) >= 11 is 6.02. The first kappa shape index (κ1) is 24.1. The van der Waals surface area contributed by atoms with Gasteiger partial charge in [0.25, 0.3) is 5.91 Å². The highest BCUT2D eigenvalue weighted by molar-refractivity contribution is 6.31. The molecular weight excluding hydrogens is 478 g/mol. The highest BCUT2D eigenvalue weighted by Crippen LogP contribution is 2.60. The number of nitriles is 1. The summed E-state index contributed by atoms with van der Waals surface area (Å²) in [5, 5.41) is 13.0. The Bertz CT molecular complexity index is 1400.